The number of aromatic nitrogens is 1. The number of hydrogen-bond donors (Lipinski definition) is 2. The fourth-order valence-corrected chi connectivity index (χ4v) is 2.84. The van der Waals surface area contributed by atoms with E-state index in [1.165, 1.54) is 16.5 Å². The van der Waals surface area contributed by atoms with Crippen molar-refractivity contribution in [2.75, 3.05) is 26.7 Å². The fraction of sp³-hybridized carbons (Fsp3) is 0.450. The number of hydrogen-bond acceptors (Lipinski definition) is 1. The Morgan fingerprint density at radius 2 is 2.12 bits per heavy atom. The molecule has 1 aromatic heterocycles. The lowest BCUT2D eigenvalue weighted by atomic mass is 10.1. The van der Waals surface area contributed by atoms with E-state index in [4.69, 9.17) is 4.99 Å². The average Bonchev–Trinajstić information content (AvgIpc) is 3.01. The van der Waals surface area contributed by atoms with E-state index in [-0.39, 0.29) is 24.0 Å². The molecule has 1 aromatic carbocycles. The zero-order valence-electron chi connectivity index (χ0n) is 15.4. The summed E-state index contributed by atoms with van der Waals surface area (Å²) in [5.74, 6) is 1.00. The molecule has 0 aliphatic carbocycles. The second-order valence-corrected chi connectivity index (χ2v) is 6.05. The van der Waals surface area contributed by atoms with E-state index in [9.17, 15) is 0 Å². The lowest BCUT2D eigenvalue weighted by molar-refractivity contribution is 0.470. The van der Waals surface area contributed by atoms with Crippen molar-refractivity contribution in [1.29, 1.82) is 0 Å². The minimum absolute atomic E-state index is 0. The SMILES string of the molecule is C=CCCCN(C)C(=NCCCc1c[nH]c2ccccc12)NCC.I. The van der Waals surface area contributed by atoms with E-state index in [1.54, 1.807) is 0 Å². The van der Waals surface area contributed by atoms with Crippen LogP contribution in [0.4, 0.5) is 0 Å². The van der Waals surface area contributed by atoms with Crippen LogP contribution >= 0.6 is 24.0 Å². The normalized spacial score (nSPS) is 11.2. The molecule has 0 bridgehead atoms. The molecule has 2 rings (SSSR count). The number of aromatic amines is 1. The van der Waals surface area contributed by atoms with Gasteiger partial charge in [-0.15, -0.1) is 30.6 Å². The van der Waals surface area contributed by atoms with E-state index in [0.29, 0.717) is 0 Å². The molecule has 0 spiro atoms. The molecule has 2 aromatic rings. The highest BCUT2D eigenvalue weighted by atomic mass is 127. The molecule has 0 atom stereocenters. The Labute approximate surface area is 168 Å². The number of unbranched alkanes of at least 4 members (excludes halogenated alkanes) is 1. The molecule has 0 radical (unpaired) electrons. The lowest BCUT2D eigenvalue weighted by Gasteiger charge is -2.21. The second-order valence-electron chi connectivity index (χ2n) is 6.05. The Balaban J connectivity index is 0.00000312. The molecular weight excluding hydrogens is 423 g/mol. The van der Waals surface area contributed by atoms with Gasteiger partial charge in [0.2, 0.25) is 0 Å². The van der Waals surface area contributed by atoms with E-state index in [1.807, 2.05) is 6.08 Å². The van der Waals surface area contributed by atoms with Gasteiger partial charge in [0.05, 0.1) is 0 Å². The Kier molecular flexibility index (Phi) is 10.3. The maximum Gasteiger partial charge on any atom is 0.193 e. The molecule has 4 nitrogen and oxygen atoms in total. The number of fused-ring (bicyclic) bond motifs is 1. The van der Waals surface area contributed by atoms with Crippen LogP contribution in [0.25, 0.3) is 10.9 Å². The maximum absolute atomic E-state index is 4.77. The minimum Gasteiger partial charge on any atom is -0.361 e. The highest BCUT2D eigenvalue weighted by Crippen LogP contribution is 2.18. The summed E-state index contributed by atoms with van der Waals surface area (Å²) in [4.78, 5) is 10.3. The monoisotopic (exact) mass is 454 g/mol. The Morgan fingerprint density at radius 1 is 1.32 bits per heavy atom. The van der Waals surface area contributed by atoms with Crippen molar-refractivity contribution >= 4 is 40.8 Å². The van der Waals surface area contributed by atoms with Crippen molar-refractivity contribution in [3.63, 3.8) is 0 Å². The van der Waals surface area contributed by atoms with Crippen LogP contribution in [0.2, 0.25) is 0 Å². The van der Waals surface area contributed by atoms with Crippen LogP contribution in [0.15, 0.2) is 48.1 Å². The third-order valence-electron chi connectivity index (χ3n) is 4.14. The highest BCUT2D eigenvalue weighted by Gasteiger charge is 2.05. The Morgan fingerprint density at radius 3 is 2.88 bits per heavy atom. The van der Waals surface area contributed by atoms with Gasteiger partial charge in [-0.1, -0.05) is 24.3 Å². The molecule has 138 valence electrons. The number of aliphatic imine (C=N–C) groups is 1. The van der Waals surface area contributed by atoms with Crippen LogP contribution in [-0.4, -0.2) is 42.5 Å². The van der Waals surface area contributed by atoms with Crippen molar-refractivity contribution < 1.29 is 0 Å². The summed E-state index contributed by atoms with van der Waals surface area (Å²) >= 11 is 0. The summed E-state index contributed by atoms with van der Waals surface area (Å²) in [5, 5.41) is 4.71. The van der Waals surface area contributed by atoms with Gasteiger partial charge in [-0.25, -0.2) is 0 Å². The van der Waals surface area contributed by atoms with E-state index in [0.717, 1.165) is 51.3 Å². The molecule has 2 N–H and O–H groups in total. The molecule has 0 saturated heterocycles. The van der Waals surface area contributed by atoms with Gasteiger partial charge in [-0.2, -0.15) is 0 Å². The predicted molar refractivity (Wildman–Crippen MR) is 120 cm³/mol. The van der Waals surface area contributed by atoms with Crippen LogP contribution < -0.4 is 5.32 Å². The predicted octanol–water partition coefficient (Wildman–Crippen LogP) is 4.58. The largest absolute Gasteiger partial charge is 0.361 e. The van der Waals surface area contributed by atoms with Crippen molar-refractivity contribution in [3.05, 3.63) is 48.7 Å². The zero-order chi connectivity index (χ0) is 17.2. The smallest absolute Gasteiger partial charge is 0.193 e. The molecule has 0 unspecified atom stereocenters. The zero-order valence-corrected chi connectivity index (χ0v) is 17.8. The molecule has 0 saturated carbocycles. The van der Waals surface area contributed by atoms with Gasteiger partial charge in [0, 0.05) is 43.8 Å². The summed E-state index contributed by atoms with van der Waals surface area (Å²) in [6, 6.07) is 8.47. The minimum atomic E-state index is 0. The molecule has 0 fully saturated rings. The number of nitrogens with one attached hydrogen (secondary N) is 2. The van der Waals surface area contributed by atoms with Crippen LogP contribution in [-0.2, 0) is 6.42 Å². The fourth-order valence-electron chi connectivity index (χ4n) is 2.84. The summed E-state index contributed by atoms with van der Waals surface area (Å²) in [7, 11) is 2.10. The number of rotatable bonds is 9. The average molecular weight is 454 g/mol. The van der Waals surface area contributed by atoms with Crippen LogP contribution in [0.3, 0.4) is 0 Å². The van der Waals surface area contributed by atoms with Crippen LogP contribution in [0.5, 0.6) is 0 Å². The first-order valence-electron chi connectivity index (χ1n) is 8.91. The summed E-state index contributed by atoms with van der Waals surface area (Å²) in [6.45, 7) is 8.63. The molecule has 5 heteroatoms. The van der Waals surface area contributed by atoms with Gasteiger partial charge >= 0.3 is 0 Å². The molecule has 0 amide bonds. The summed E-state index contributed by atoms with van der Waals surface area (Å²) in [5.41, 5.74) is 2.59. The Hall–Kier alpha value is -1.50. The van der Waals surface area contributed by atoms with Crippen molar-refractivity contribution in [2.24, 2.45) is 4.99 Å². The molecular formula is C20H31IN4. The van der Waals surface area contributed by atoms with E-state index >= 15 is 0 Å². The second kappa shape index (κ2) is 12.0. The van der Waals surface area contributed by atoms with Crippen LogP contribution in [0, 0.1) is 0 Å². The van der Waals surface area contributed by atoms with Crippen LogP contribution in [0.1, 0.15) is 31.7 Å². The van der Waals surface area contributed by atoms with Crippen molar-refractivity contribution in [1.82, 2.24) is 15.2 Å². The highest BCUT2D eigenvalue weighted by molar-refractivity contribution is 14.0. The molecule has 25 heavy (non-hydrogen) atoms. The first kappa shape index (κ1) is 21.5. The topological polar surface area (TPSA) is 43.4 Å². The number of halogens is 1. The summed E-state index contributed by atoms with van der Waals surface area (Å²) in [6.07, 6.45) is 8.36. The van der Waals surface area contributed by atoms with Gasteiger partial charge in [0.15, 0.2) is 5.96 Å². The Bertz CT molecular complexity index is 663. The van der Waals surface area contributed by atoms with Gasteiger partial charge in [0.1, 0.15) is 0 Å². The standard InChI is InChI=1S/C20H30N4.HI/c1-4-6-9-15-24(3)20(21-5-2)22-14-10-11-17-16-23-19-13-8-7-12-18(17)19;/h4,7-8,12-13,16,23H,1,5-6,9-11,14-15H2,2-3H3,(H,21,22);1H. The molecule has 0 aliphatic heterocycles. The first-order chi connectivity index (χ1) is 11.8. The maximum atomic E-state index is 4.77. The van der Waals surface area contributed by atoms with Gasteiger partial charge in [0.25, 0.3) is 0 Å². The third kappa shape index (κ3) is 6.72. The number of benzene rings is 1. The molecule has 0 aliphatic rings. The number of aryl methyl sites for hydroxylation is 1. The van der Waals surface area contributed by atoms with Gasteiger partial charge in [-0.05, 0) is 44.2 Å². The first-order valence-corrected chi connectivity index (χ1v) is 8.91. The number of nitrogens with zero attached hydrogens (tertiary/aromatic N) is 2. The summed E-state index contributed by atoms with van der Waals surface area (Å²) < 4.78 is 0. The quantitative estimate of drug-likeness (QED) is 0.192. The number of H-pyrrole nitrogens is 1. The third-order valence-corrected chi connectivity index (χ3v) is 4.14. The van der Waals surface area contributed by atoms with E-state index in [2.05, 4.69) is 66.2 Å². The molecule has 1 heterocycles. The lowest BCUT2D eigenvalue weighted by Crippen LogP contribution is -2.39. The number of para-hydroxylation sites is 1. The van der Waals surface area contributed by atoms with Crippen molar-refractivity contribution in [3.8, 4) is 0 Å². The van der Waals surface area contributed by atoms with E-state index < -0.39 is 0 Å². The number of allylic oxidation sites excluding steroid dienone is 1. The van der Waals surface area contributed by atoms with Gasteiger partial charge < -0.3 is 15.2 Å². The van der Waals surface area contributed by atoms with Crippen molar-refractivity contribution in [2.45, 2.75) is 32.6 Å². The number of guanidine groups is 1. The van der Waals surface area contributed by atoms with Gasteiger partial charge in [-0.3, -0.25) is 4.99 Å².